The second kappa shape index (κ2) is 6.91. The largest absolute Gasteiger partial charge is 0.396 e. The number of benzene rings is 1. The van der Waals surface area contributed by atoms with Crippen molar-refractivity contribution < 1.29 is 17.6 Å². The van der Waals surface area contributed by atoms with E-state index in [2.05, 4.69) is 25.3 Å². The first-order chi connectivity index (χ1) is 15.1. The van der Waals surface area contributed by atoms with E-state index < -0.39 is 17.4 Å². The molecule has 0 saturated heterocycles. The third-order valence-corrected chi connectivity index (χ3v) is 6.22. The lowest BCUT2D eigenvalue weighted by molar-refractivity contribution is -0.182. The van der Waals surface area contributed by atoms with Gasteiger partial charge in [-0.3, -0.25) is 0 Å². The Morgan fingerprint density at radius 3 is 2.62 bits per heavy atom. The molecule has 168 valence electrons. The van der Waals surface area contributed by atoms with E-state index in [1.807, 2.05) is 31.4 Å². The summed E-state index contributed by atoms with van der Waals surface area (Å²) in [7, 11) is 0. The quantitative estimate of drug-likeness (QED) is 0.383. The number of rotatable bonds is 5. The van der Waals surface area contributed by atoms with Gasteiger partial charge in [-0.15, -0.1) is 0 Å². The van der Waals surface area contributed by atoms with Crippen molar-refractivity contribution in [2.75, 3.05) is 11.9 Å². The molecule has 10 heteroatoms. The van der Waals surface area contributed by atoms with Gasteiger partial charge in [0.2, 0.25) is 5.95 Å². The minimum absolute atomic E-state index is 0.110. The fourth-order valence-corrected chi connectivity index (χ4v) is 4.27. The van der Waals surface area contributed by atoms with Gasteiger partial charge >= 0.3 is 6.18 Å². The second-order valence-electron chi connectivity index (χ2n) is 8.74. The van der Waals surface area contributed by atoms with E-state index in [9.17, 15) is 17.6 Å². The normalized spacial score (nSPS) is 15.8. The Bertz CT molecular complexity index is 1330. The van der Waals surface area contributed by atoms with Gasteiger partial charge in [0.05, 0.1) is 10.9 Å². The maximum atomic E-state index is 14.9. The first-order valence-electron chi connectivity index (χ1n) is 10.4. The van der Waals surface area contributed by atoms with Gasteiger partial charge in [0, 0.05) is 35.9 Å². The van der Waals surface area contributed by atoms with E-state index >= 15 is 0 Å². The summed E-state index contributed by atoms with van der Waals surface area (Å²) in [6.07, 6.45) is -0.785. The Labute approximate surface area is 181 Å². The maximum absolute atomic E-state index is 14.9. The fraction of sp³-hybridized carbons (Fsp3) is 0.409. The number of alkyl halides is 3. The summed E-state index contributed by atoms with van der Waals surface area (Å²) in [4.78, 5) is 15.9. The molecule has 1 fully saturated rings. The van der Waals surface area contributed by atoms with Crippen LogP contribution in [0, 0.1) is 18.2 Å². The topological polar surface area (TPSA) is 71.4 Å². The molecule has 0 unspecified atom stereocenters. The average molecular weight is 446 g/mol. The van der Waals surface area contributed by atoms with Crippen LogP contribution in [0.5, 0.6) is 0 Å². The molecule has 0 aliphatic heterocycles. The van der Waals surface area contributed by atoms with Crippen molar-refractivity contribution in [2.24, 2.45) is 5.41 Å². The molecule has 0 radical (unpaired) electrons. The zero-order valence-corrected chi connectivity index (χ0v) is 17.8. The molecule has 0 spiro atoms. The van der Waals surface area contributed by atoms with Crippen LogP contribution in [-0.2, 0) is 0 Å². The van der Waals surface area contributed by atoms with Crippen LogP contribution in [0.15, 0.2) is 24.5 Å². The van der Waals surface area contributed by atoms with Gasteiger partial charge in [-0.25, -0.2) is 14.4 Å². The van der Waals surface area contributed by atoms with Crippen molar-refractivity contribution in [2.45, 2.75) is 45.8 Å². The van der Waals surface area contributed by atoms with Gasteiger partial charge in [0.15, 0.2) is 5.82 Å². The monoisotopic (exact) mass is 446 g/mol. The first-order valence-corrected chi connectivity index (χ1v) is 10.4. The van der Waals surface area contributed by atoms with E-state index in [4.69, 9.17) is 0 Å². The Hall–Kier alpha value is -3.17. The zero-order chi connectivity index (χ0) is 22.8. The first kappa shape index (κ1) is 20.7. The lowest BCUT2D eigenvalue weighted by Crippen LogP contribution is -2.31. The molecular weight excluding hydrogens is 424 g/mol. The Morgan fingerprint density at radius 1 is 1.22 bits per heavy atom. The van der Waals surface area contributed by atoms with Crippen LogP contribution in [0.3, 0.4) is 0 Å². The molecule has 3 aromatic heterocycles. The molecule has 1 aliphatic carbocycles. The predicted octanol–water partition coefficient (Wildman–Crippen LogP) is 5.76. The number of aromatic amines is 1. The highest BCUT2D eigenvalue weighted by atomic mass is 19.4. The highest BCUT2D eigenvalue weighted by Crippen LogP contribution is 2.57. The molecular formula is C22H22F4N6. The number of imidazole rings is 1. The lowest BCUT2D eigenvalue weighted by Gasteiger charge is -2.19. The summed E-state index contributed by atoms with van der Waals surface area (Å²) in [5.74, 6) is 0.434. The summed E-state index contributed by atoms with van der Waals surface area (Å²) in [5, 5.41) is 3.37. The summed E-state index contributed by atoms with van der Waals surface area (Å²) in [5.41, 5.74) is 1.14. The number of fused-ring (bicyclic) bond motifs is 2. The van der Waals surface area contributed by atoms with Crippen molar-refractivity contribution in [3.05, 3.63) is 36.2 Å². The fourth-order valence-electron chi connectivity index (χ4n) is 4.27. The lowest BCUT2D eigenvalue weighted by atomic mass is 10.1. The predicted molar refractivity (Wildman–Crippen MR) is 114 cm³/mol. The molecule has 0 bridgehead atoms. The van der Waals surface area contributed by atoms with Crippen molar-refractivity contribution in [3.8, 4) is 11.1 Å². The number of H-pyrrole nitrogens is 1. The molecule has 1 saturated carbocycles. The Morgan fingerprint density at radius 2 is 1.97 bits per heavy atom. The molecule has 1 aliphatic rings. The van der Waals surface area contributed by atoms with Crippen LogP contribution < -0.4 is 5.32 Å². The number of nitrogens with zero attached hydrogens (tertiary/aromatic N) is 4. The third kappa shape index (κ3) is 3.20. The van der Waals surface area contributed by atoms with E-state index in [-0.39, 0.29) is 31.4 Å². The van der Waals surface area contributed by atoms with Gasteiger partial charge in [-0.05, 0) is 51.3 Å². The van der Waals surface area contributed by atoms with Crippen molar-refractivity contribution >= 4 is 28.0 Å². The highest BCUT2D eigenvalue weighted by Gasteiger charge is 2.62. The standard InChI is InChI=1S/C22H22F4N6/c1-11(2)32-12(3)30-18-16(23)6-13(7-17(18)32)14-8-27-19-15(14)9-28-20(31-19)29-10-21(4-5-21)22(24,25)26/h6-9,11H,4-5,10H2,1-3H3,(H2,27,28,29,31). The Kier molecular flexibility index (Phi) is 4.48. The number of aromatic nitrogens is 5. The molecule has 1 aromatic carbocycles. The minimum Gasteiger partial charge on any atom is -0.353 e. The minimum atomic E-state index is -4.24. The molecule has 5 rings (SSSR count). The molecule has 4 aromatic rings. The SMILES string of the molecule is Cc1nc2c(F)cc(-c3c[nH]c4nc(NCC5(C(F)(F)F)CC5)ncc34)cc2n1C(C)C. The number of hydrogen-bond donors (Lipinski definition) is 2. The van der Waals surface area contributed by atoms with Gasteiger partial charge in [0.1, 0.15) is 17.0 Å². The summed E-state index contributed by atoms with van der Waals surface area (Å²) < 4.78 is 56.3. The van der Waals surface area contributed by atoms with E-state index in [1.165, 1.54) is 12.3 Å². The Balaban J connectivity index is 1.49. The molecule has 0 amide bonds. The molecule has 2 N–H and O–H groups in total. The van der Waals surface area contributed by atoms with Crippen LogP contribution in [-0.4, -0.2) is 37.2 Å². The summed E-state index contributed by atoms with van der Waals surface area (Å²) in [6, 6.07) is 3.42. The van der Waals surface area contributed by atoms with Gasteiger partial charge in [-0.1, -0.05) is 0 Å². The van der Waals surface area contributed by atoms with E-state index in [0.29, 0.717) is 33.2 Å². The van der Waals surface area contributed by atoms with E-state index in [0.717, 1.165) is 5.82 Å². The van der Waals surface area contributed by atoms with Gasteiger partial charge < -0.3 is 14.9 Å². The molecule has 6 nitrogen and oxygen atoms in total. The van der Waals surface area contributed by atoms with Crippen LogP contribution in [0.1, 0.15) is 38.6 Å². The van der Waals surface area contributed by atoms with Gasteiger partial charge in [0.25, 0.3) is 0 Å². The molecule has 3 heterocycles. The average Bonchev–Trinajstić information content (AvgIpc) is 3.29. The number of halogens is 4. The number of nitrogens with one attached hydrogen (secondary N) is 2. The highest BCUT2D eigenvalue weighted by molar-refractivity contribution is 5.96. The zero-order valence-electron chi connectivity index (χ0n) is 17.8. The maximum Gasteiger partial charge on any atom is 0.396 e. The molecule has 0 atom stereocenters. The van der Waals surface area contributed by atoms with Crippen LogP contribution in [0.4, 0.5) is 23.5 Å². The third-order valence-electron chi connectivity index (χ3n) is 6.22. The van der Waals surface area contributed by atoms with Gasteiger partial charge in [-0.2, -0.15) is 18.2 Å². The summed E-state index contributed by atoms with van der Waals surface area (Å²) >= 11 is 0. The smallest absolute Gasteiger partial charge is 0.353 e. The second-order valence-corrected chi connectivity index (χ2v) is 8.74. The van der Waals surface area contributed by atoms with Crippen molar-refractivity contribution in [3.63, 3.8) is 0 Å². The van der Waals surface area contributed by atoms with Crippen molar-refractivity contribution in [1.29, 1.82) is 0 Å². The van der Waals surface area contributed by atoms with Crippen molar-refractivity contribution in [1.82, 2.24) is 24.5 Å². The number of anilines is 1. The number of hydrogen-bond acceptors (Lipinski definition) is 4. The number of aryl methyl sites for hydroxylation is 1. The van der Waals surface area contributed by atoms with Crippen LogP contribution in [0.25, 0.3) is 33.2 Å². The van der Waals surface area contributed by atoms with E-state index in [1.54, 1.807) is 6.20 Å². The van der Waals surface area contributed by atoms with Crippen LogP contribution >= 0.6 is 0 Å². The van der Waals surface area contributed by atoms with Crippen LogP contribution in [0.2, 0.25) is 0 Å². The molecule has 32 heavy (non-hydrogen) atoms. The summed E-state index contributed by atoms with van der Waals surface area (Å²) in [6.45, 7) is 5.61.